The van der Waals surface area contributed by atoms with Crippen LogP contribution in [0.25, 0.3) is 0 Å². The Morgan fingerprint density at radius 1 is 0.862 bits per heavy atom. The Morgan fingerprint density at radius 2 is 1.38 bits per heavy atom. The van der Waals surface area contributed by atoms with Crippen LogP contribution in [0.2, 0.25) is 10.0 Å². The molecule has 3 aromatic rings. The predicted molar refractivity (Wildman–Crippen MR) is 115 cm³/mol. The summed E-state index contributed by atoms with van der Waals surface area (Å²) in [5.41, 5.74) is 0.373. The van der Waals surface area contributed by atoms with Gasteiger partial charge in [0.15, 0.2) is 0 Å². The fraction of sp³-hybridized carbons (Fsp3) is 0.0500. The van der Waals surface area contributed by atoms with Crippen LogP contribution < -0.4 is 4.74 Å². The van der Waals surface area contributed by atoms with Crippen molar-refractivity contribution in [3.8, 4) is 5.75 Å². The van der Waals surface area contributed by atoms with Gasteiger partial charge in [0.25, 0.3) is 10.0 Å². The first-order valence-electron chi connectivity index (χ1n) is 8.22. The molecule has 0 aliphatic rings. The van der Waals surface area contributed by atoms with Gasteiger partial charge in [-0.3, -0.25) is 0 Å². The van der Waals surface area contributed by atoms with Crippen LogP contribution in [-0.2, 0) is 20.7 Å². The molecule has 3 rings (SSSR count). The van der Waals surface area contributed by atoms with E-state index in [0.717, 1.165) is 0 Å². The number of ether oxygens (including phenoxy) is 1. The van der Waals surface area contributed by atoms with Crippen LogP contribution in [0.15, 0.2) is 86.4 Å². The van der Waals surface area contributed by atoms with Gasteiger partial charge in [0.1, 0.15) is 5.75 Å². The third kappa shape index (κ3) is 5.67. The molecular formula is C20H15Cl2NO4S2. The highest BCUT2D eigenvalue weighted by Gasteiger charge is 2.14. The van der Waals surface area contributed by atoms with Crippen LogP contribution in [0.3, 0.4) is 0 Å². The standard InChI is InChI=1S/C20H15Cl2NO4S2/c1-28(23-29(25,26)19-12-6-16(22)7-13-19)18-10-8-17(9-11-18)27-20(24)14-2-4-15(21)5-3-14/h2-13H,1H3/t28-/m1/s1. The van der Waals surface area contributed by atoms with Crippen LogP contribution in [0.4, 0.5) is 0 Å². The van der Waals surface area contributed by atoms with E-state index in [4.69, 9.17) is 27.9 Å². The summed E-state index contributed by atoms with van der Waals surface area (Å²) in [7, 11) is -4.73. The molecule has 0 fully saturated rings. The Kier molecular flexibility index (Phi) is 6.74. The average molecular weight is 468 g/mol. The summed E-state index contributed by atoms with van der Waals surface area (Å²) < 4.78 is 34.2. The first kappa shape index (κ1) is 21.5. The van der Waals surface area contributed by atoms with E-state index in [0.29, 0.717) is 26.3 Å². The summed E-state index contributed by atoms with van der Waals surface area (Å²) in [6, 6.07) is 18.7. The predicted octanol–water partition coefficient (Wildman–Crippen LogP) is 5.39. The minimum absolute atomic E-state index is 0.0785. The highest BCUT2D eigenvalue weighted by Crippen LogP contribution is 2.21. The van der Waals surface area contributed by atoms with Crippen molar-refractivity contribution in [3.05, 3.63) is 88.4 Å². The molecule has 0 amide bonds. The fourth-order valence-electron chi connectivity index (χ4n) is 2.30. The maximum atomic E-state index is 12.4. The molecular weight excluding hydrogens is 453 g/mol. The lowest BCUT2D eigenvalue weighted by Gasteiger charge is -2.07. The normalized spacial score (nSPS) is 12.5. The van der Waals surface area contributed by atoms with Gasteiger partial charge in [-0.1, -0.05) is 33.9 Å². The first-order valence-corrected chi connectivity index (χ1v) is 12.0. The molecule has 0 spiro atoms. The summed E-state index contributed by atoms with van der Waals surface area (Å²) in [4.78, 5) is 12.9. The quantitative estimate of drug-likeness (QED) is 0.372. The van der Waals surface area contributed by atoms with Crippen molar-refractivity contribution < 1.29 is 17.9 Å². The molecule has 0 heterocycles. The highest BCUT2D eigenvalue weighted by molar-refractivity contribution is 7.99. The van der Waals surface area contributed by atoms with E-state index in [-0.39, 0.29) is 4.90 Å². The van der Waals surface area contributed by atoms with E-state index in [9.17, 15) is 13.2 Å². The highest BCUT2D eigenvalue weighted by atomic mass is 35.5. The monoisotopic (exact) mass is 467 g/mol. The number of hydrogen-bond donors (Lipinski definition) is 0. The SMILES string of the molecule is C[S@@](=NS(=O)(=O)c1ccc(Cl)cc1)c1ccc(OC(=O)c2ccc(Cl)cc2)cc1. The van der Waals surface area contributed by atoms with E-state index >= 15 is 0 Å². The topological polar surface area (TPSA) is 72.8 Å². The second-order valence-corrected chi connectivity index (χ2v) is 10.2. The zero-order chi connectivity index (χ0) is 21.0. The van der Waals surface area contributed by atoms with Crippen LogP contribution in [0.5, 0.6) is 5.75 Å². The van der Waals surface area contributed by atoms with Crippen LogP contribution in [0.1, 0.15) is 10.4 Å². The molecule has 0 aliphatic carbocycles. The van der Waals surface area contributed by atoms with Crippen molar-refractivity contribution in [2.24, 2.45) is 3.77 Å². The van der Waals surface area contributed by atoms with Gasteiger partial charge in [0.2, 0.25) is 0 Å². The van der Waals surface area contributed by atoms with Gasteiger partial charge in [-0.25, -0.2) is 4.79 Å². The van der Waals surface area contributed by atoms with Gasteiger partial charge >= 0.3 is 5.97 Å². The zero-order valence-electron chi connectivity index (χ0n) is 15.1. The Hall–Kier alpha value is -2.19. The minimum atomic E-state index is -3.81. The van der Waals surface area contributed by atoms with Crippen molar-refractivity contribution in [2.45, 2.75) is 9.79 Å². The second-order valence-electron chi connectivity index (χ2n) is 5.85. The molecule has 0 saturated heterocycles. The number of carbonyl (C=O) groups excluding carboxylic acids is 1. The number of rotatable bonds is 5. The lowest BCUT2D eigenvalue weighted by molar-refractivity contribution is 0.0734. The number of benzene rings is 3. The van der Waals surface area contributed by atoms with E-state index in [1.54, 1.807) is 54.8 Å². The van der Waals surface area contributed by atoms with Crippen molar-refractivity contribution in [1.29, 1.82) is 0 Å². The Balaban J connectivity index is 1.75. The lowest BCUT2D eigenvalue weighted by atomic mass is 10.2. The van der Waals surface area contributed by atoms with Gasteiger partial charge in [-0.05, 0) is 79.1 Å². The fourth-order valence-corrected chi connectivity index (χ4v) is 5.42. The zero-order valence-corrected chi connectivity index (χ0v) is 18.2. The van der Waals surface area contributed by atoms with Gasteiger partial charge in [-0.15, -0.1) is 3.77 Å². The third-order valence-electron chi connectivity index (χ3n) is 3.78. The largest absolute Gasteiger partial charge is 0.423 e. The van der Waals surface area contributed by atoms with Crippen molar-refractivity contribution in [1.82, 2.24) is 0 Å². The van der Waals surface area contributed by atoms with Gasteiger partial charge < -0.3 is 4.74 Å². The summed E-state index contributed by atoms with van der Waals surface area (Å²) in [5, 5.41) is 0.973. The number of esters is 1. The molecule has 0 aliphatic heterocycles. The van der Waals surface area contributed by atoms with Crippen LogP contribution in [-0.4, -0.2) is 20.6 Å². The Labute approximate surface area is 181 Å². The maximum Gasteiger partial charge on any atom is 0.343 e. The van der Waals surface area contributed by atoms with E-state index in [1.807, 2.05) is 0 Å². The third-order valence-corrected chi connectivity index (χ3v) is 7.78. The van der Waals surface area contributed by atoms with Gasteiger partial charge in [0.05, 0.1) is 10.5 Å². The summed E-state index contributed by atoms with van der Waals surface area (Å²) >= 11 is 11.6. The molecule has 0 radical (unpaired) electrons. The summed E-state index contributed by atoms with van der Waals surface area (Å²) in [5.74, 6) is -0.175. The molecule has 5 nitrogen and oxygen atoms in total. The number of nitrogens with zero attached hydrogens (tertiary/aromatic N) is 1. The van der Waals surface area contributed by atoms with E-state index in [2.05, 4.69) is 3.77 Å². The maximum absolute atomic E-state index is 12.4. The van der Waals surface area contributed by atoms with Crippen LogP contribution in [0, 0.1) is 0 Å². The molecule has 29 heavy (non-hydrogen) atoms. The molecule has 150 valence electrons. The van der Waals surface area contributed by atoms with Crippen molar-refractivity contribution >= 4 is 49.9 Å². The molecule has 3 aromatic carbocycles. The average Bonchev–Trinajstić information content (AvgIpc) is 2.69. The number of carbonyl (C=O) groups is 1. The number of halogens is 2. The van der Waals surface area contributed by atoms with E-state index < -0.39 is 26.7 Å². The Bertz CT molecular complexity index is 1160. The summed E-state index contributed by atoms with van der Waals surface area (Å²) in [6.07, 6.45) is 1.70. The smallest absolute Gasteiger partial charge is 0.343 e. The summed E-state index contributed by atoms with van der Waals surface area (Å²) in [6.45, 7) is 0. The minimum Gasteiger partial charge on any atom is -0.423 e. The first-order chi connectivity index (χ1) is 13.7. The van der Waals surface area contributed by atoms with Crippen molar-refractivity contribution in [2.75, 3.05) is 6.26 Å². The van der Waals surface area contributed by atoms with E-state index in [1.165, 1.54) is 24.3 Å². The second kappa shape index (κ2) is 9.09. The molecule has 0 bridgehead atoms. The molecule has 1 atom stereocenters. The molecule has 9 heteroatoms. The van der Waals surface area contributed by atoms with Gasteiger partial charge in [0, 0.05) is 14.9 Å². The molecule has 0 saturated carbocycles. The number of hydrogen-bond acceptors (Lipinski definition) is 4. The lowest BCUT2D eigenvalue weighted by Crippen LogP contribution is -2.08. The molecule has 0 unspecified atom stereocenters. The van der Waals surface area contributed by atoms with Crippen molar-refractivity contribution in [3.63, 3.8) is 0 Å². The number of sulfonamides is 1. The van der Waals surface area contributed by atoms with Gasteiger partial charge in [-0.2, -0.15) is 8.42 Å². The molecule has 0 aromatic heterocycles. The van der Waals surface area contributed by atoms with Crippen LogP contribution >= 0.6 is 23.2 Å². The Morgan fingerprint density at radius 3 is 1.93 bits per heavy atom. The molecule has 0 N–H and O–H groups in total.